The zero-order chi connectivity index (χ0) is 27.4. The first-order valence-electron chi connectivity index (χ1n) is 13.4. The second-order valence-corrected chi connectivity index (χ2v) is 12.7. The Labute approximate surface area is 234 Å². The Balaban J connectivity index is 1.48. The van der Waals surface area contributed by atoms with Crippen molar-refractivity contribution >= 4 is 38.0 Å². The standard InChI is InChI=1S/C31H34N2O4S2/c1-3-37-20-7-18-32(39(35,36)29-11-6-9-24-8-4-5-10-26(24)29)22-30(34)33-19-16-28-27(17-21-38-28)31(33)25-14-12-23(2)13-15-25/h4-6,8-15,17,21,31H,3,7,16,18-20,22H2,1-2H3/t31-/m0/s1. The van der Waals surface area contributed by atoms with E-state index in [1.165, 1.54) is 9.18 Å². The fraction of sp³-hybridized carbons (Fsp3) is 0.323. The minimum Gasteiger partial charge on any atom is -0.382 e. The molecule has 1 aliphatic heterocycles. The van der Waals surface area contributed by atoms with Gasteiger partial charge in [0, 0.05) is 36.6 Å². The average molecular weight is 563 g/mol. The molecule has 1 aromatic heterocycles. The van der Waals surface area contributed by atoms with Crippen LogP contribution in [0.2, 0.25) is 0 Å². The van der Waals surface area contributed by atoms with Crippen LogP contribution in [0, 0.1) is 6.92 Å². The molecule has 3 aromatic carbocycles. The Morgan fingerprint density at radius 3 is 2.62 bits per heavy atom. The van der Waals surface area contributed by atoms with Gasteiger partial charge in [-0.3, -0.25) is 4.79 Å². The molecule has 39 heavy (non-hydrogen) atoms. The predicted octanol–water partition coefficient (Wildman–Crippen LogP) is 5.80. The average Bonchev–Trinajstić information content (AvgIpc) is 3.43. The molecule has 0 radical (unpaired) electrons. The smallest absolute Gasteiger partial charge is 0.244 e. The Kier molecular flexibility index (Phi) is 8.47. The summed E-state index contributed by atoms with van der Waals surface area (Å²) in [6, 6.07) is 22.8. The van der Waals surface area contributed by atoms with Crippen LogP contribution in [0.15, 0.2) is 83.1 Å². The van der Waals surface area contributed by atoms with Crippen LogP contribution in [0.25, 0.3) is 10.8 Å². The van der Waals surface area contributed by atoms with Crippen LogP contribution in [0.1, 0.15) is 41.0 Å². The van der Waals surface area contributed by atoms with E-state index in [4.69, 9.17) is 4.74 Å². The van der Waals surface area contributed by atoms with Crippen LogP contribution >= 0.6 is 11.3 Å². The molecule has 2 heterocycles. The molecular weight excluding hydrogens is 528 g/mol. The van der Waals surface area contributed by atoms with Gasteiger partial charge in [0.1, 0.15) is 0 Å². The van der Waals surface area contributed by atoms with E-state index in [-0.39, 0.29) is 29.9 Å². The largest absolute Gasteiger partial charge is 0.382 e. The van der Waals surface area contributed by atoms with E-state index in [1.807, 2.05) is 49.1 Å². The quantitative estimate of drug-likeness (QED) is 0.229. The van der Waals surface area contributed by atoms with Crippen molar-refractivity contribution in [3.63, 3.8) is 0 Å². The Hall–Kier alpha value is -3.04. The van der Waals surface area contributed by atoms with Crippen molar-refractivity contribution in [2.45, 2.75) is 37.6 Å². The van der Waals surface area contributed by atoms with Gasteiger partial charge in [0.15, 0.2) is 0 Å². The maximum atomic E-state index is 14.1. The first-order valence-corrected chi connectivity index (χ1v) is 15.7. The maximum absolute atomic E-state index is 14.1. The summed E-state index contributed by atoms with van der Waals surface area (Å²) >= 11 is 1.71. The Morgan fingerprint density at radius 2 is 1.82 bits per heavy atom. The van der Waals surface area contributed by atoms with Crippen molar-refractivity contribution in [3.05, 3.63) is 99.7 Å². The van der Waals surface area contributed by atoms with Crippen LogP contribution < -0.4 is 0 Å². The molecule has 1 atom stereocenters. The Morgan fingerprint density at radius 1 is 1.05 bits per heavy atom. The molecule has 0 aliphatic carbocycles. The van der Waals surface area contributed by atoms with E-state index in [2.05, 4.69) is 35.7 Å². The van der Waals surface area contributed by atoms with Crippen molar-refractivity contribution in [1.82, 2.24) is 9.21 Å². The molecule has 0 bridgehead atoms. The van der Waals surface area contributed by atoms with Gasteiger partial charge in [-0.2, -0.15) is 4.31 Å². The van der Waals surface area contributed by atoms with E-state index in [0.717, 1.165) is 28.5 Å². The first kappa shape index (κ1) is 27.5. The molecule has 0 fully saturated rings. The van der Waals surface area contributed by atoms with E-state index in [0.29, 0.717) is 31.6 Å². The summed E-state index contributed by atoms with van der Waals surface area (Å²) < 4.78 is 35.0. The van der Waals surface area contributed by atoms with Gasteiger partial charge in [-0.05, 0) is 60.7 Å². The molecule has 8 heteroatoms. The summed E-state index contributed by atoms with van der Waals surface area (Å²) in [6.07, 6.45) is 1.27. The van der Waals surface area contributed by atoms with Crippen LogP contribution in [-0.4, -0.2) is 56.4 Å². The number of hydrogen-bond acceptors (Lipinski definition) is 5. The zero-order valence-electron chi connectivity index (χ0n) is 22.4. The summed E-state index contributed by atoms with van der Waals surface area (Å²) in [6.45, 7) is 5.47. The highest BCUT2D eigenvalue weighted by atomic mass is 32.2. The number of hydrogen-bond donors (Lipinski definition) is 0. The molecule has 0 saturated carbocycles. The van der Waals surface area contributed by atoms with Gasteiger partial charge in [0.05, 0.1) is 17.5 Å². The molecule has 0 saturated heterocycles. The van der Waals surface area contributed by atoms with Crippen LogP contribution in [0.5, 0.6) is 0 Å². The summed E-state index contributed by atoms with van der Waals surface area (Å²) in [5.41, 5.74) is 3.32. The first-order chi connectivity index (χ1) is 18.9. The predicted molar refractivity (Wildman–Crippen MR) is 157 cm³/mol. The number of fused-ring (bicyclic) bond motifs is 2. The number of ether oxygens (including phenoxy) is 1. The highest BCUT2D eigenvalue weighted by Gasteiger charge is 2.36. The number of rotatable bonds is 10. The fourth-order valence-corrected chi connectivity index (χ4v) is 7.81. The number of amides is 1. The van der Waals surface area contributed by atoms with Gasteiger partial charge < -0.3 is 9.64 Å². The van der Waals surface area contributed by atoms with E-state index in [1.54, 1.807) is 23.5 Å². The van der Waals surface area contributed by atoms with Crippen LogP contribution in [-0.2, 0) is 26.0 Å². The summed E-state index contributed by atoms with van der Waals surface area (Å²) in [5.74, 6) is -0.197. The minimum absolute atomic E-state index is 0.197. The number of carbonyl (C=O) groups excluding carboxylic acids is 1. The number of carbonyl (C=O) groups is 1. The van der Waals surface area contributed by atoms with Gasteiger partial charge >= 0.3 is 0 Å². The SMILES string of the molecule is CCOCCCN(CC(=O)N1CCc2sccc2[C@@H]1c1ccc(C)cc1)S(=O)(=O)c1cccc2ccccc12. The lowest BCUT2D eigenvalue weighted by Crippen LogP contribution is -2.47. The van der Waals surface area contributed by atoms with Crippen LogP contribution in [0.3, 0.4) is 0 Å². The molecule has 1 amide bonds. The third-order valence-electron chi connectivity index (χ3n) is 7.26. The van der Waals surface area contributed by atoms with Crippen molar-refractivity contribution in [3.8, 4) is 0 Å². The summed E-state index contributed by atoms with van der Waals surface area (Å²) in [4.78, 5) is 17.4. The fourth-order valence-electron chi connectivity index (χ4n) is 5.27. The van der Waals surface area contributed by atoms with Crippen molar-refractivity contribution in [1.29, 1.82) is 0 Å². The monoisotopic (exact) mass is 562 g/mol. The molecule has 0 spiro atoms. The van der Waals surface area contributed by atoms with Gasteiger partial charge in [0.2, 0.25) is 15.9 Å². The van der Waals surface area contributed by atoms with Crippen LogP contribution in [0.4, 0.5) is 0 Å². The minimum atomic E-state index is -3.95. The molecule has 4 aromatic rings. The van der Waals surface area contributed by atoms with Gasteiger partial charge in [0.25, 0.3) is 0 Å². The molecular formula is C31H34N2O4S2. The lowest BCUT2D eigenvalue weighted by atomic mass is 9.92. The highest BCUT2D eigenvalue weighted by molar-refractivity contribution is 7.89. The number of thiophene rings is 1. The molecule has 1 aliphatic rings. The van der Waals surface area contributed by atoms with Crippen molar-refractivity contribution < 1.29 is 17.9 Å². The molecule has 0 N–H and O–H groups in total. The van der Waals surface area contributed by atoms with Gasteiger partial charge in [-0.15, -0.1) is 11.3 Å². The van der Waals surface area contributed by atoms with E-state index in [9.17, 15) is 13.2 Å². The number of benzene rings is 3. The molecule has 5 rings (SSSR count). The van der Waals surface area contributed by atoms with Crippen molar-refractivity contribution in [2.75, 3.05) is 32.8 Å². The van der Waals surface area contributed by atoms with Gasteiger partial charge in [-0.1, -0.05) is 66.2 Å². The summed E-state index contributed by atoms with van der Waals surface area (Å²) in [5, 5.41) is 3.57. The maximum Gasteiger partial charge on any atom is 0.244 e. The van der Waals surface area contributed by atoms with Crippen molar-refractivity contribution in [2.24, 2.45) is 0 Å². The van der Waals surface area contributed by atoms with Gasteiger partial charge in [-0.25, -0.2) is 8.42 Å². The normalized spacial score (nSPS) is 15.6. The lowest BCUT2D eigenvalue weighted by Gasteiger charge is -2.37. The molecule has 6 nitrogen and oxygen atoms in total. The number of nitrogens with zero attached hydrogens (tertiary/aromatic N) is 2. The number of sulfonamides is 1. The second kappa shape index (κ2) is 12.0. The molecule has 204 valence electrons. The lowest BCUT2D eigenvalue weighted by molar-refractivity contribution is -0.133. The van der Waals surface area contributed by atoms with E-state index < -0.39 is 10.0 Å². The molecule has 0 unspecified atom stereocenters. The Bertz CT molecular complexity index is 1540. The second-order valence-electron chi connectivity index (χ2n) is 9.82. The topological polar surface area (TPSA) is 66.9 Å². The van der Waals surface area contributed by atoms with E-state index >= 15 is 0 Å². The third-order valence-corrected chi connectivity index (χ3v) is 10.2. The summed E-state index contributed by atoms with van der Waals surface area (Å²) in [7, 11) is -3.95. The number of aryl methyl sites for hydroxylation is 1. The third kappa shape index (κ3) is 5.79. The highest BCUT2D eigenvalue weighted by Crippen LogP contribution is 2.38. The zero-order valence-corrected chi connectivity index (χ0v) is 24.0.